The number of nitrogens with one attached hydrogen (secondary N) is 1. The van der Waals surface area contributed by atoms with E-state index >= 15 is 0 Å². The average molecular weight is 302 g/mol. The summed E-state index contributed by atoms with van der Waals surface area (Å²) in [5.41, 5.74) is 2.07. The first-order chi connectivity index (χ1) is 10.5. The Kier molecular flexibility index (Phi) is 5.58. The second-order valence-electron chi connectivity index (χ2n) is 6.63. The molecule has 1 amide bonds. The zero-order chi connectivity index (χ0) is 16.1. The lowest BCUT2D eigenvalue weighted by Gasteiger charge is -2.17. The summed E-state index contributed by atoms with van der Waals surface area (Å²) < 4.78 is 0. The molecule has 1 aromatic rings. The quantitative estimate of drug-likeness (QED) is 0.848. The van der Waals surface area contributed by atoms with Gasteiger partial charge in [-0.15, -0.1) is 0 Å². The van der Waals surface area contributed by atoms with Crippen LogP contribution in [-0.4, -0.2) is 29.8 Å². The van der Waals surface area contributed by atoms with Crippen molar-refractivity contribution in [1.82, 2.24) is 5.32 Å². The summed E-state index contributed by atoms with van der Waals surface area (Å²) in [6.07, 6.45) is 1.37. The highest BCUT2D eigenvalue weighted by molar-refractivity contribution is 6.02. The van der Waals surface area contributed by atoms with Gasteiger partial charge in [-0.25, -0.2) is 0 Å². The van der Waals surface area contributed by atoms with E-state index in [1.54, 1.807) is 12.1 Å². The van der Waals surface area contributed by atoms with Gasteiger partial charge in [-0.1, -0.05) is 20.8 Å². The van der Waals surface area contributed by atoms with E-state index < -0.39 is 0 Å². The molecule has 120 valence electrons. The number of amides is 1. The first-order valence-electron chi connectivity index (χ1n) is 8.05. The molecule has 4 nitrogen and oxygen atoms in total. The Hall–Kier alpha value is -1.84. The third-order valence-electron chi connectivity index (χ3n) is 4.46. The molecule has 0 fully saturated rings. The van der Waals surface area contributed by atoms with Crippen LogP contribution in [0.2, 0.25) is 0 Å². The molecule has 2 rings (SSSR count). The summed E-state index contributed by atoms with van der Waals surface area (Å²) >= 11 is 0. The molecule has 0 saturated carbocycles. The molecule has 2 N–H and O–H groups in total. The Morgan fingerprint density at radius 1 is 1.32 bits per heavy atom. The highest BCUT2D eigenvalue weighted by Gasteiger charge is 2.22. The molecule has 2 unspecified atom stereocenters. The number of phenols is 1. The summed E-state index contributed by atoms with van der Waals surface area (Å²) in [7, 11) is 0. The van der Waals surface area contributed by atoms with Crippen LogP contribution >= 0.6 is 0 Å². The van der Waals surface area contributed by atoms with Crippen LogP contribution in [0.4, 0.5) is 0 Å². The molecular weight excluding hydrogens is 276 g/mol. The van der Waals surface area contributed by atoms with Gasteiger partial charge in [0.1, 0.15) is 5.75 Å². The fourth-order valence-electron chi connectivity index (χ4n) is 2.49. The van der Waals surface area contributed by atoms with Gasteiger partial charge in [0.2, 0.25) is 5.91 Å². The fraction of sp³-hybridized carbons (Fsp3) is 0.556. The number of carbonyl (C=O) groups is 1. The Bertz CT molecular complexity index is 535. The van der Waals surface area contributed by atoms with Crippen LogP contribution < -0.4 is 5.32 Å². The number of hydrogen-bond acceptors (Lipinski definition) is 3. The van der Waals surface area contributed by atoms with Crippen LogP contribution in [-0.2, 0) is 4.79 Å². The largest absolute Gasteiger partial charge is 0.508 e. The summed E-state index contributed by atoms with van der Waals surface area (Å²) in [6.45, 7) is 7.96. The van der Waals surface area contributed by atoms with Crippen LogP contribution in [0.15, 0.2) is 29.3 Å². The van der Waals surface area contributed by atoms with Gasteiger partial charge in [0, 0.05) is 25.2 Å². The zero-order valence-corrected chi connectivity index (χ0v) is 13.7. The second-order valence-corrected chi connectivity index (χ2v) is 6.63. The molecule has 0 aromatic heterocycles. The van der Waals surface area contributed by atoms with E-state index in [1.807, 2.05) is 12.1 Å². The van der Waals surface area contributed by atoms with Crippen LogP contribution in [0.3, 0.4) is 0 Å². The predicted molar refractivity (Wildman–Crippen MR) is 89.2 cm³/mol. The van der Waals surface area contributed by atoms with Crippen molar-refractivity contribution in [3.05, 3.63) is 29.8 Å². The summed E-state index contributed by atoms with van der Waals surface area (Å²) in [5.74, 6) is 1.75. The van der Waals surface area contributed by atoms with Crippen molar-refractivity contribution < 1.29 is 9.90 Å². The molecule has 4 heteroatoms. The zero-order valence-electron chi connectivity index (χ0n) is 13.7. The van der Waals surface area contributed by atoms with Crippen LogP contribution in [0.25, 0.3) is 0 Å². The van der Waals surface area contributed by atoms with E-state index in [0.29, 0.717) is 24.8 Å². The maximum atomic E-state index is 12.0. The monoisotopic (exact) mass is 302 g/mol. The van der Waals surface area contributed by atoms with Crippen molar-refractivity contribution in [2.24, 2.45) is 22.7 Å². The Morgan fingerprint density at radius 3 is 2.64 bits per heavy atom. The Labute approximate surface area is 132 Å². The van der Waals surface area contributed by atoms with E-state index in [9.17, 15) is 9.90 Å². The molecule has 0 saturated heterocycles. The molecule has 1 aromatic carbocycles. The van der Waals surface area contributed by atoms with Gasteiger partial charge in [-0.2, -0.15) is 0 Å². The van der Waals surface area contributed by atoms with Crippen molar-refractivity contribution in [3.8, 4) is 5.75 Å². The number of hydrogen-bond donors (Lipinski definition) is 2. The van der Waals surface area contributed by atoms with E-state index in [4.69, 9.17) is 0 Å². The summed E-state index contributed by atoms with van der Waals surface area (Å²) in [6, 6.07) is 7.10. The standard InChI is InChI=1S/C18H26N2O2/c1-12(2)13(3)10-20-18(22)9-14-8-17(19-11-14)15-4-6-16(21)7-5-15/h4-7,12-14,21H,8-11H2,1-3H3,(H,20,22). The number of phenolic OH excluding ortho intramolecular Hbond substituents is 1. The van der Waals surface area contributed by atoms with Crippen molar-refractivity contribution in [2.75, 3.05) is 13.1 Å². The number of nitrogens with zero attached hydrogens (tertiary/aromatic N) is 1. The van der Waals surface area contributed by atoms with Gasteiger partial charge in [0.05, 0.1) is 0 Å². The molecule has 1 aliphatic rings. The minimum Gasteiger partial charge on any atom is -0.508 e. The lowest BCUT2D eigenvalue weighted by molar-refractivity contribution is -0.122. The third-order valence-corrected chi connectivity index (χ3v) is 4.46. The van der Waals surface area contributed by atoms with E-state index in [2.05, 4.69) is 31.1 Å². The fourth-order valence-corrected chi connectivity index (χ4v) is 2.49. The summed E-state index contributed by atoms with van der Waals surface area (Å²) in [4.78, 5) is 16.6. The third kappa shape index (κ3) is 4.58. The SMILES string of the molecule is CC(C)C(C)CNC(=O)CC1CN=C(c2ccc(O)cc2)C1. The maximum absolute atomic E-state index is 12.0. The molecule has 0 bridgehead atoms. The van der Waals surface area contributed by atoms with Crippen LogP contribution in [0, 0.1) is 17.8 Å². The summed E-state index contributed by atoms with van der Waals surface area (Å²) in [5, 5.41) is 12.4. The van der Waals surface area contributed by atoms with E-state index in [1.165, 1.54) is 0 Å². The van der Waals surface area contributed by atoms with Gasteiger partial charge in [-0.3, -0.25) is 9.79 Å². The molecule has 1 aliphatic heterocycles. The first kappa shape index (κ1) is 16.5. The topological polar surface area (TPSA) is 61.7 Å². The smallest absolute Gasteiger partial charge is 0.220 e. The molecule has 0 radical (unpaired) electrons. The van der Waals surface area contributed by atoms with Crippen molar-refractivity contribution in [1.29, 1.82) is 0 Å². The molecular formula is C18H26N2O2. The highest BCUT2D eigenvalue weighted by atomic mass is 16.3. The van der Waals surface area contributed by atoms with Gasteiger partial charge in [-0.05, 0) is 54.0 Å². The molecule has 0 aliphatic carbocycles. The van der Waals surface area contributed by atoms with Gasteiger partial charge < -0.3 is 10.4 Å². The first-order valence-corrected chi connectivity index (χ1v) is 8.05. The maximum Gasteiger partial charge on any atom is 0.220 e. The number of carbonyl (C=O) groups excluding carboxylic acids is 1. The van der Waals surface area contributed by atoms with Crippen LogP contribution in [0.1, 0.15) is 39.2 Å². The number of aromatic hydroxyl groups is 1. The second kappa shape index (κ2) is 7.43. The van der Waals surface area contributed by atoms with Crippen molar-refractivity contribution in [3.63, 3.8) is 0 Å². The number of benzene rings is 1. The van der Waals surface area contributed by atoms with Crippen LogP contribution in [0.5, 0.6) is 5.75 Å². The minimum absolute atomic E-state index is 0.125. The van der Waals surface area contributed by atoms with Gasteiger partial charge >= 0.3 is 0 Å². The predicted octanol–water partition coefficient (Wildman–Crippen LogP) is 3.00. The number of rotatable bonds is 6. The molecule has 22 heavy (non-hydrogen) atoms. The van der Waals surface area contributed by atoms with Gasteiger partial charge in [0.25, 0.3) is 0 Å². The van der Waals surface area contributed by atoms with Crippen molar-refractivity contribution in [2.45, 2.75) is 33.6 Å². The Morgan fingerprint density at radius 2 is 2.00 bits per heavy atom. The average Bonchev–Trinajstić information content (AvgIpc) is 2.93. The Balaban J connectivity index is 1.78. The van der Waals surface area contributed by atoms with E-state index in [-0.39, 0.29) is 17.6 Å². The lowest BCUT2D eigenvalue weighted by atomic mass is 9.96. The van der Waals surface area contributed by atoms with E-state index in [0.717, 1.165) is 24.2 Å². The minimum atomic E-state index is 0.125. The molecule has 0 spiro atoms. The molecule has 1 heterocycles. The lowest BCUT2D eigenvalue weighted by Crippen LogP contribution is -2.31. The normalized spacial score (nSPS) is 19.1. The highest BCUT2D eigenvalue weighted by Crippen LogP contribution is 2.22. The van der Waals surface area contributed by atoms with Gasteiger partial charge in [0.15, 0.2) is 0 Å². The number of aliphatic imine (C=N–C) groups is 1. The van der Waals surface area contributed by atoms with Crippen molar-refractivity contribution >= 4 is 11.6 Å². The molecule has 2 atom stereocenters.